The molecule has 186 valence electrons. The first-order valence-electron chi connectivity index (χ1n) is 10.6. The molecule has 0 fully saturated rings. The van der Waals surface area contributed by atoms with Gasteiger partial charge in [0.1, 0.15) is 33.0 Å². The minimum atomic E-state index is 0.323. The van der Waals surface area contributed by atoms with Gasteiger partial charge in [0.2, 0.25) is 11.8 Å². The maximum absolute atomic E-state index is 5.86. The summed E-state index contributed by atoms with van der Waals surface area (Å²) in [5.41, 5.74) is 1.47. The number of ether oxygens (including phenoxy) is 4. The van der Waals surface area contributed by atoms with Crippen molar-refractivity contribution in [3.05, 3.63) is 59.3 Å². The van der Waals surface area contributed by atoms with E-state index in [0.29, 0.717) is 57.8 Å². The molecule has 0 radical (unpaired) electrons. The Morgan fingerprint density at radius 2 is 1.11 bits per heavy atom. The molecule has 0 saturated heterocycles. The molecular weight excluding hydrogens is 488 g/mol. The van der Waals surface area contributed by atoms with Crippen molar-refractivity contribution in [3.63, 3.8) is 0 Å². The van der Waals surface area contributed by atoms with Gasteiger partial charge in [0, 0.05) is 14.1 Å². The largest absolute Gasteiger partial charge is 0.497 e. The minimum Gasteiger partial charge on any atom is -0.497 e. The van der Waals surface area contributed by atoms with Crippen molar-refractivity contribution in [1.29, 1.82) is 0 Å². The Morgan fingerprint density at radius 1 is 0.714 bits per heavy atom. The molecule has 3 aromatic rings. The summed E-state index contributed by atoms with van der Waals surface area (Å²) in [5.74, 6) is 3.51. The predicted molar refractivity (Wildman–Crippen MR) is 140 cm³/mol. The van der Waals surface area contributed by atoms with Crippen LogP contribution in [0, 0.1) is 0 Å². The fourth-order valence-electron chi connectivity index (χ4n) is 3.34. The summed E-state index contributed by atoms with van der Waals surface area (Å²) >= 11 is 11.3. The van der Waals surface area contributed by atoms with Gasteiger partial charge in [-0.1, -0.05) is 24.4 Å². The van der Waals surface area contributed by atoms with Crippen LogP contribution in [0.3, 0.4) is 0 Å². The van der Waals surface area contributed by atoms with E-state index in [1.165, 1.54) is 0 Å². The average Bonchev–Trinajstić information content (AvgIpc) is 3.32. The predicted octanol–water partition coefficient (Wildman–Crippen LogP) is 3.72. The van der Waals surface area contributed by atoms with E-state index >= 15 is 0 Å². The van der Waals surface area contributed by atoms with Crippen LogP contribution in [0.1, 0.15) is 22.9 Å². The van der Waals surface area contributed by atoms with E-state index < -0.39 is 0 Å². The second kappa shape index (κ2) is 11.8. The zero-order valence-electron chi connectivity index (χ0n) is 20.5. The summed E-state index contributed by atoms with van der Waals surface area (Å²) in [6.07, 6.45) is 0. The Balaban J connectivity index is 1.69. The van der Waals surface area contributed by atoms with Gasteiger partial charge >= 0.3 is 0 Å². The van der Waals surface area contributed by atoms with E-state index in [1.54, 1.807) is 28.4 Å². The van der Waals surface area contributed by atoms with Crippen molar-refractivity contribution in [2.45, 2.75) is 13.1 Å². The average molecular weight is 517 g/mol. The van der Waals surface area contributed by atoms with Crippen LogP contribution >= 0.6 is 24.4 Å². The highest BCUT2D eigenvalue weighted by molar-refractivity contribution is 7.81. The van der Waals surface area contributed by atoms with Gasteiger partial charge in [-0.05, 0) is 36.4 Å². The molecule has 0 amide bonds. The number of hydrogen-bond acceptors (Lipinski definition) is 9. The molecule has 0 saturated carbocycles. The van der Waals surface area contributed by atoms with Crippen molar-refractivity contribution in [1.82, 2.24) is 20.0 Å². The normalized spacial score (nSPS) is 10.5. The van der Waals surface area contributed by atoms with Gasteiger partial charge in [0.15, 0.2) is 0 Å². The molecule has 3 rings (SSSR count). The summed E-state index contributed by atoms with van der Waals surface area (Å²) < 4.78 is 27.4. The fourth-order valence-corrected chi connectivity index (χ4v) is 3.79. The zero-order valence-corrected chi connectivity index (χ0v) is 22.2. The second-order valence-electron chi connectivity index (χ2n) is 7.54. The van der Waals surface area contributed by atoms with Crippen LogP contribution in [0.4, 0.5) is 0 Å². The molecule has 1 heterocycles. The van der Waals surface area contributed by atoms with Crippen LogP contribution in [0.25, 0.3) is 0 Å². The number of benzene rings is 2. The second-order valence-corrected chi connectivity index (χ2v) is 8.32. The van der Waals surface area contributed by atoms with Crippen molar-refractivity contribution in [2.75, 3.05) is 42.5 Å². The Labute approximate surface area is 215 Å². The van der Waals surface area contributed by atoms with Crippen LogP contribution in [-0.4, -0.2) is 72.5 Å². The lowest BCUT2D eigenvalue weighted by Crippen LogP contribution is -2.26. The van der Waals surface area contributed by atoms with Crippen molar-refractivity contribution in [2.24, 2.45) is 0 Å². The molecule has 0 bridgehead atoms. The van der Waals surface area contributed by atoms with Crippen LogP contribution in [-0.2, 0) is 13.1 Å². The van der Waals surface area contributed by atoms with Crippen LogP contribution in [0.15, 0.2) is 40.8 Å². The van der Waals surface area contributed by atoms with Gasteiger partial charge in [-0.15, -0.1) is 10.2 Å². The highest BCUT2D eigenvalue weighted by atomic mass is 32.1. The van der Waals surface area contributed by atoms with Gasteiger partial charge in [0.05, 0.1) is 52.7 Å². The molecule has 11 heteroatoms. The smallest absolute Gasteiger partial charge is 0.235 e. The zero-order chi connectivity index (χ0) is 25.5. The van der Waals surface area contributed by atoms with Crippen molar-refractivity contribution in [3.8, 4) is 23.0 Å². The number of thiocarbonyl (C=S) groups is 2. The summed E-state index contributed by atoms with van der Waals surface area (Å²) in [6, 6.07) is 10.9. The first-order valence-corrected chi connectivity index (χ1v) is 11.4. The summed E-state index contributed by atoms with van der Waals surface area (Å²) in [5, 5.41) is 8.33. The molecule has 9 nitrogen and oxygen atoms in total. The molecule has 0 atom stereocenters. The lowest BCUT2D eigenvalue weighted by atomic mass is 10.1. The number of aromatic nitrogens is 2. The monoisotopic (exact) mass is 516 g/mol. The van der Waals surface area contributed by atoms with Gasteiger partial charge in [-0.25, -0.2) is 0 Å². The van der Waals surface area contributed by atoms with E-state index in [2.05, 4.69) is 10.2 Å². The molecule has 0 aliphatic heterocycles. The first-order chi connectivity index (χ1) is 16.8. The highest BCUT2D eigenvalue weighted by Crippen LogP contribution is 2.27. The molecule has 0 unspecified atom stereocenters. The highest BCUT2D eigenvalue weighted by Gasteiger charge is 2.19. The number of rotatable bonds is 10. The third kappa shape index (κ3) is 6.17. The quantitative estimate of drug-likeness (QED) is 0.370. The SMILES string of the molecule is COc1ccc(OC)c(C(=S)N(C)Cc2nnc(CN(C)C(=S)c3cc(OC)ccc3OC)o2)c1. The Morgan fingerprint density at radius 3 is 1.46 bits per heavy atom. The van der Waals surface area contributed by atoms with Gasteiger partial charge in [-0.2, -0.15) is 0 Å². The molecule has 1 aromatic heterocycles. The first kappa shape index (κ1) is 26.2. The van der Waals surface area contributed by atoms with E-state index in [0.717, 1.165) is 11.1 Å². The molecular formula is C24H28N4O5S2. The van der Waals surface area contributed by atoms with Crippen molar-refractivity contribution >= 4 is 34.4 Å². The number of methoxy groups -OCH3 is 4. The molecule has 0 aliphatic rings. The third-order valence-corrected chi connectivity index (χ3v) is 6.28. The lowest BCUT2D eigenvalue weighted by molar-refractivity contribution is 0.352. The minimum absolute atomic E-state index is 0.323. The standard InChI is InChI=1S/C24H28N4O5S2/c1-27(23(34)17-11-15(29-3)7-9-19(17)31-5)13-21-25-26-22(33-21)14-28(2)24(35)18-12-16(30-4)8-10-20(18)32-6/h7-12H,13-14H2,1-6H3. The van der Waals surface area contributed by atoms with E-state index in [1.807, 2.05) is 60.3 Å². The third-order valence-electron chi connectivity index (χ3n) is 5.22. The maximum Gasteiger partial charge on any atom is 0.235 e. The number of hydrogen-bond donors (Lipinski definition) is 0. The lowest BCUT2D eigenvalue weighted by Gasteiger charge is -2.21. The van der Waals surface area contributed by atoms with E-state index in [9.17, 15) is 0 Å². The van der Waals surface area contributed by atoms with E-state index in [-0.39, 0.29) is 0 Å². The van der Waals surface area contributed by atoms with Crippen LogP contribution in [0.2, 0.25) is 0 Å². The van der Waals surface area contributed by atoms with Crippen LogP contribution in [0.5, 0.6) is 23.0 Å². The Kier molecular flexibility index (Phi) is 8.83. The topological polar surface area (TPSA) is 82.3 Å². The summed E-state index contributed by atoms with van der Waals surface area (Å²) in [6.45, 7) is 0.647. The fraction of sp³-hybridized carbons (Fsp3) is 0.333. The molecule has 35 heavy (non-hydrogen) atoms. The van der Waals surface area contributed by atoms with Crippen LogP contribution < -0.4 is 18.9 Å². The van der Waals surface area contributed by atoms with Gasteiger partial charge in [0.25, 0.3) is 0 Å². The van der Waals surface area contributed by atoms with Gasteiger partial charge < -0.3 is 33.2 Å². The van der Waals surface area contributed by atoms with Gasteiger partial charge in [-0.3, -0.25) is 0 Å². The summed E-state index contributed by atoms with van der Waals surface area (Å²) in [4.78, 5) is 4.78. The summed E-state index contributed by atoms with van der Waals surface area (Å²) in [7, 11) is 10.1. The Hall–Kier alpha value is -3.44. The maximum atomic E-state index is 5.86. The van der Waals surface area contributed by atoms with E-state index in [4.69, 9.17) is 47.8 Å². The molecule has 0 spiro atoms. The molecule has 0 aliphatic carbocycles. The molecule has 0 N–H and O–H groups in total. The van der Waals surface area contributed by atoms with Crippen molar-refractivity contribution < 1.29 is 23.4 Å². The number of nitrogens with zero attached hydrogens (tertiary/aromatic N) is 4. The molecule has 2 aromatic carbocycles. The Bertz CT molecular complexity index is 1110.